The van der Waals surface area contributed by atoms with Crippen molar-refractivity contribution in [3.8, 4) is 5.88 Å². The Morgan fingerprint density at radius 3 is 2.72 bits per heavy atom. The van der Waals surface area contributed by atoms with Gasteiger partial charge in [-0.25, -0.2) is 4.98 Å². The molecule has 0 bridgehead atoms. The molecule has 0 fully saturated rings. The maximum atomic E-state index is 10.3. The highest BCUT2D eigenvalue weighted by Gasteiger charge is 2.20. The fraction of sp³-hybridized carbons (Fsp3) is 0.167. The molecule has 0 saturated carbocycles. The number of benzene rings is 1. The first-order valence-electron chi connectivity index (χ1n) is 5.11. The number of hydrogen-bond donors (Lipinski definition) is 1. The standard InChI is InChI=1S/C12H10BrClN2O2/c1-18-12-10(15-4-5-16-12)11(17)8-3-2-7(14)6-9(8)13/h2-6,11,17H,1H3. The summed E-state index contributed by atoms with van der Waals surface area (Å²) in [6.45, 7) is 0. The second-order valence-electron chi connectivity index (χ2n) is 3.52. The van der Waals surface area contributed by atoms with Gasteiger partial charge in [0, 0.05) is 27.5 Å². The van der Waals surface area contributed by atoms with Crippen LogP contribution in [0.5, 0.6) is 5.88 Å². The van der Waals surface area contributed by atoms with Crippen molar-refractivity contribution >= 4 is 27.5 Å². The average Bonchev–Trinajstić information content (AvgIpc) is 2.38. The van der Waals surface area contributed by atoms with Crippen LogP contribution in [0.15, 0.2) is 35.1 Å². The highest BCUT2D eigenvalue weighted by atomic mass is 79.9. The summed E-state index contributed by atoms with van der Waals surface area (Å²) in [7, 11) is 1.48. The van der Waals surface area contributed by atoms with Crippen molar-refractivity contribution in [3.05, 3.63) is 51.3 Å². The third kappa shape index (κ3) is 2.63. The lowest BCUT2D eigenvalue weighted by Gasteiger charge is -2.14. The zero-order valence-electron chi connectivity index (χ0n) is 9.47. The molecule has 0 spiro atoms. The van der Waals surface area contributed by atoms with E-state index in [9.17, 15) is 5.11 Å². The summed E-state index contributed by atoms with van der Waals surface area (Å²) in [6, 6.07) is 5.14. The van der Waals surface area contributed by atoms with Gasteiger partial charge >= 0.3 is 0 Å². The molecule has 1 aromatic heterocycles. The largest absolute Gasteiger partial charge is 0.480 e. The minimum Gasteiger partial charge on any atom is -0.480 e. The first-order valence-corrected chi connectivity index (χ1v) is 6.28. The Morgan fingerprint density at radius 2 is 2.06 bits per heavy atom. The molecule has 1 unspecified atom stereocenters. The summed E-state index contributed by atoms with van der Waals surface area (Å²) in [5.74, 6) is 0.298. The van der Waals surface area contributed by atoms with E-state index in [1.165, 1.54) is 19.5 Å². The third-order valence-electron chi connectivity index (χ3n) is 2.40. The Hall–Kier alpha value is -1.17. The number of aliphatic hydroxyl groups excluding tert-OH is 1. The Labute approximate surface area is 118 Å². The van der Waals surface area contributed by atoms with Crippen molar-refractivity contribution < 1.29 is 9.84 Å². The molecule has 1 aromatic carbocycles. The summed E-state index contributed by atoms with van der Waals surface area (Å²) in [6.07, 6.45) is 2.08. The zero-order chi connectivity index (χ0) is 13.1. The fourth-order valence-electron chi connectivity index (χ4n) is 1.55. The van der Waals surface area contributed by atoms with Gasteiger partial charge in [-0.15, -0.1) is 0 Å². The number of aromatic nitrogens is 2. The summed E-state index contributed by atoms with van der Waals surface area (Å²) < 4.78 is 5.78. The molecule has 4 nitrogen and oxygen atoms in total. The summed E-state index contributed by atoms with van der Waals surface area (Å²) in [5, 5.41) is 10.9. The van der Waals surface area contributed by atoms with Crippen molar-refractivity contribution in [2.75, 3.05) is 7.11 Å². The molecule has 2 aromatic rings. The van der Waals surface area contributed by atoms with E-state index in [-0.39, 0.29) is 0 Å². The van der Waals surface area contributed by atoms with Crippen molar-refractivity contribution in [1.29, 1.82) is 0 Å². The molecular weight excluding hydrogens is 320 g/mol. The number of methoxy groups -OCH3 is 1. The maximum Gasteiger partial charge on any atom is 0.238 e. The molecule has 0 aliphatic rings. The van der Waals surface area contributed by atoms with E-state index < -0.39 is 6.10 Å². The van der Waals surface area contributed by atoms with Crippen molar-refractivity contribution in [2.45, 2.75) is 6.10 Å². The van der Waals surface area contributed by atoms with Crippen LogP contribution in [-0.2, 0) is 0 Å². The van der Waals surface area contributed by atoms with Crippen LogP contribution < -0.4 is 4.74 Å². The normalized spacial score (nSPS) is 12.2. The lowest BCUT2D eigenvalue weighted by Crippen LogP contribution is -2.06. The minimum absolute atomic E-state index is 0.298. The van der Waals surface area contributed by atoms with Crippen LogP contribution in [0, 0.1) is 0 Å². The van der Waals surface area contributed by atoms with Crippen LogP contribution in [0.4, 0.5) is 0 Å². The van der Waals surface area contributed by atoms with Crippen LogP contribution in [0.2, 0.25) is 5.02 Å². The van der Waals surface area contributed by atoms with Crippen molar-refractivity contribution in [1.82, 2.24) is 9.97 Å². The first kappa shape index (κ1) is 13.3. The number of rotatable bonds is 3. The summed E-state index contributed by atoms with van der Waals surface area (Å²) in [5.41, 5.74) is 1.02. The van der Waals surface area contributed by atoms with Gasteiger partial charge in [0.05, 0.1) is 7.11 Å². The van der Waals surface area contributed by atoms with Crippen LogP contribution in [0.25, 0.3) is 0 Å². The molecule has 0 aliphatic heterocycles. The van der Waals surface area contributed by atoms with E-state index in [0.29, 0.717) is 26.6 Å². The lowest BCUT2D eigenvalue weighted by molar-refractivity contribution is 0.207. The second kappa shape index (κ2) is 5.65. The Kier molecular flexibility index (Phi) is 4.16. The van der Waals surface area contributed by atoms with Gasteiger partial charge < -0.3 is 9.84 Å². The van der Waals surface area contributed by atoms with Gasteiger partial charge in [-0.1, -0.05) is 33.6 Å². The molecule has 0 radical (unpaired) electrons. The van der Waals surface area contributed by atoms with E-state index in [4.69, 9.17) is 16.3 Å². The zero-order valence-corrected chi connectivity index (χ0v) is 11.8. The molecule has 1 N–H and O–H groups in total. The SMILES string of the molecule is COc1nccnc1C(O)c1ccc(Cl)cc1Br. The molecular formula is C12H10BrClN2O2. The Morgan fingerprint density at radius 1 is 1.33 bits per heavy atom. The topological polar surface area (TPSA) is 55.2 Å². The monoisotopic (exact) mass is 328 g/mol. The number of nitrogens with zero attached hydrogens (tertiary/aromatic N) is 2. The van der Waals surface area contributed by atoms with E-state index in [1.807, 2.05) is 0 Å². The van der Waals surface area contributed by atoms with E-state index in [0.717, 1.165) is 0 Å². The number of ether oxygens (including phenoxy) is 1. The summed E-state index contributed by atoms with van der Waals surface area (Å²) in [4.78, 5) is 8.10. The van der Waals surface area contributed by atoms with Gasteiger partial charge in [-0.2, -0.15) is 0 Å². The number of halogens is 2. The molecule has 1 atom stereocenters. The van der Waals surface area contributed by atoms with Crippen LogP contribution in [0.3, 0.4) is 0 Å². The molecule has 6 heteroatoms. The highest BCUT2D eigenvalue weighted by Crippen LogP contribution is 2.32. The molecule has 94 valence electrons. The second-order valence-corrected chi connectivity index (χ2v) is 4.81. The Bertz CT molecular complexity index is 566. The van der Waals surface area contributed by atoms with Gasteiger partial charge in [0.1, 0.15) is 11.8 Å². The van der Waals surface area contributed by atoms with Gasteiger partial charge in [0.25, 0.3) is 0 Å². The number of hydrogen-bond acceptors (Lipinski definition) is 4. The smallest absolute Gasteiger partial charge is 0.238 e. The fourth-order valence-corrected chi connectivity index (χ4v) is 2.45. The third-order valence-corrected chi connectivity index (χ3v) is 3.32. The lowest BCUT2D eigenvalue weighted by atomic mass is 10.1. The van der Waals surface area contributed by atoms with Gasteiger partial charge in [-0.05, 0) is 12.1 Å². The summed E-state index contributed by atoms with van der Waals surface area (Å²) >= 11 is 9.22. The van der Waals surface area contributed by atoms with Crippen LogP contribution in [0.1, 0.15) is 17.4 Å². The van der Waals surface area contributed by atoms with Gasteiger partial charge in [-0.3, -0.25) is 4.98 Å². The highest BCUT2D eigenvalue weighted by molar-refractivity contribution is 9.10. The molecule has 0 aliphatic carbocycles. The van der Waals surface area contributed by atoms with Crippen LogP contribution >= 0.6 is 27.5 Å². The molecule has 2 rings (SSSR count). The quantitative estimate of drug-likeness (QED) is 0.940. The van der Waals surface area contributed by atoms with Gasteiger partial charge in [0.2, 0.25) is 5.88 Å². The predicted octanol–water partition coefficient (Wildman–Crippen LogP) is 2.98. The first-order chi connectivity index (χ1) is 8.63. The molecule has 18 heavy (non-hydrogen) atoms. The molecule has 0 saturated heterocycles. The molecule has 1 heterocycles. The van der Waals surface area contributed by atoms with Crippen molar-refractivity contribution in [2.24, 2.45) is 0 Å². The number of aliphatic hydroxyl groups is 1. The predicted molar refractivity (Wildman–Crippen MR) is 71.8 cm³/mol. The molecule has 0 amide bonds. The average molecular weight is 330 g/mol. The van der Waals surface area contributed by atoms with E-state index in [1.54, 1.807) is 18.2 Å². The van der Waals surface area contributed by atoms with Crippen LogP contribution in [-0.4, -0.2) is 22.2 Å². The van der Waals surface area contributed by atoms with Gasteiger partial charge in [0.15, 0.2) is 0 Å². The van der Waals surface area contributed by atoms with E-state index in [2.05, 4.69) is 25.9 Å². The Balaban J connectivity index is 2.44. The van der Waals surface area contributed by atoms with E-state index >= 15 is 0 Å². The van der Waals surface area contributed by atoms with Crippen molar-refractivity contribution in [3.63, 3.8) is 0 Å². The minimum atomic E-state index is -0.930. The maximum absolute atomic E-state index is 10.3.